The summed E-state index contributed by atoms with van der Waals surface area (Å²) < 4.78 is 5.12. The molecule has 0 saturated heterocycles. The van der Waals surface area contributed by atoms with Gasteiger partial charge in [0.15, 0.2) is 5.96 Å². The van der Waals surface area contributed by atoms with Crippen molar-refractivity contribution in [2.45, 2.75) is 13.0 Å². The predicted molar refractivity (Wildman–Crippen MR) is 107 cm³/mol. The lowest BCUT2D eigenvalue weighted by Crippen LogP contribution is -2.44. The first-order valence-electron chi connectivity index (χ1n) is 8.46. The normalized spacial score (nSPS) is 11.1. The molecule has 0 radical (unpaired) electrons. The first-order valence-corrected chi connectivity index (χ1v) is 9.34. The minimum atomic E-state index is -0.0753. The molecular formula is C19H26N4O2S. The van der Waals surface area contributed by atoms with Gasteiger partial charge in [-0.15, -0.1) is 11.3 Å². The molecule has 0 atom stereocenters. The molecule has 2 aromatic rings. The molecule has 0 aliphatic heterocycles. The van der Waals surface area contributed by atoms with Gasteiger partial charge in [-0.2, -0.15) is 0 Å². The van der Waals surface area contributed by atoms with E-state index in [9.17, 15) is 4.79 Å². The number of rotatable bonds is 8. The van der Waals surface area contributed by atoms with Crippen LogP contribution in [0.4, 0.5) is 0 Å². The number of benzene rings is 1. The number of thiophene rings is 1. The molecule has 2 rings (SSSR count). The van der Waals surface area contributed by atoms with Gasteiger partial charge < -0.3 is 20.3 Å². The second-order valence-electron chi connectivity index (χ2n) is 5.78. The summed E-state index contributed by atoms with van der Waals surface area (Å²) in [7, 11) is 5.32. The Bertz CT molecular complexity index is 699. The van der Waals surface area contributed by atoms with Crippen LogP contribution in [0.25, 0.3) is 0 Å². The number of aliphatic imine (C=N–C) groups is 1. The summed E-state index contributed by atoms with van der Waals surface area (Å²) in [5.74, 6) is 1.44. The first kappa shape index (κ1) is 19.8. The van der Waals surface area contributed by atoms with Crippen LogP contribution in [-0.2, 0) is 17.8 Å². The van der Waals surface area contributed by atoms with Crippen LogP contribution in [0, 0.1) is 0 Å². The number of carbonyl (C=O) groups excluding carboxylic acids is 1. The monoisotopic (exact) mass is 374 g/mol. The molecular weight excluding hydrogens is 348 g/mol. The van der Waals surface area contributed by atoms with Crippen molar-refractivity contribution < 1.29 is 9.53 Å². The zero-order valence-corrected chi connectivity index (χ0v) is 16.3. The number of amides is 1. The van der Waals surface area contributed by atoms with Crippen molar-refractivity contribution in [3.8, 4) is 5.75 Å². The number of methoxy groups -OCH3 is 1. The van der Waals surface area contributed by atoms with E-state index in [1.165, 1.54) is 4.88 Å². The van der Waals surface area contributed by atoms with Crippen LogP contribution in [0.5, 0.6) is 5.75 Å². The molecule has 0 saturated carbocycles. The quantitative estimate of drug-likeness (QED) is 0.549. The molecule has 26 heavy (non-hydrogen) atoms. The van der Waals surface area contributed by atoms with Gasteiger partial charge >= 0.3 is 0 Å². The Morgan fingerprint density at radius 1 is 1.23 bits per heavy atom. The lowest BCUT2D eigenvalue weighted by molar-refractivity contribution is -0.120. The third-order valence-corrected chi connectivity index (χ3v) is 4.84. The maximum absolute atomic E-state index is 12.1. The molecule has 1 aromatic carbocycles. The maximum Gasteiger partial charge on any atom is 0.239 e. The largest absolute Gasteiger partial charge is 0.497 e. The van der Waals surface area contributed by atoms with E-state index in [0.29, 0.717) is 12.5 Å². The zero-order chi connectivity index (χ0) is 18.8. The van der Waals surface area contributed by atoms with Crippen molar-refractivity contribution in [1.29, 1.82) is 0 Å². The second kappa shape index (κ2) is 10.5. The average molecular weight is 375 g/mol. The molecule has 0 aliphatic rings. The topological polar surface area (TPSA) is 66.0 Å². The number of hydrogen-bond donors (Lipinski definition) is 2. The molecule has 0 spiro atoms. The van der Waals surface area contributed by atoms with E-state index in [-0.39, 0.29) is 12.5 Å². The van der Waals surface area contributed by atoms with E-state index in [1.54, 1.807) is 25.5 Å². The van der Waals surface area contributed by atoms with E-state index in [2.05, 4.69) is 33.1 Å². The summed E-state index contributed by atoms with van der Waals surface area (Å²) in [6.45, 7) is 1.51. The highest BCUT2D eigenvalue weighted by atomic mass is 32.1. The number of guanidine groups is 1. The van der Waals surface area contributed by atoms with Crippen LogP contribution in [0.15, 0.2) is 46.8 Å². The van der Waals surface area contributed by atoms with Gasteiger partial charge in [0.2, 0.25) is 5.91 Å². The van der Waals surface area contributed by atoms with Gasteiger partial charge in [0.05, 0.1) is 13.7 Å². The molecule has 7 heteroatoms. The van der Waals surface area contributed by atoms with Gasteiger partial charge in [-0.3, -0.25) is 9.79 Å². The summed E-state index contributed by atoms with van der Waals surface area (Å²) in [5, 5.41) is 8.07. The number of carbonyl (C=O) groups is 1. The number of likely N-dealkylation sites (N-methyl/N-ethyl adjacent to an activating group) is 1. The Kier molecular flexibility index (Phi) is 7.95. The van der Waals surface area contributed by atoms with Gasteiger partial charge in [-0.25, -0.2) is 0 Å². The highest BCUT2D eigenvalue weighted by molar-refractivity contribution is 7.09. The minimum absolute atomic E-state index is 0.0753. The highest BCUT2D eigenvalue weighted by Crippen LogP contribution is 2.11. The van der Waals surface area contributed by atoms with Crippen molar-refractivity contribution in [2.24, 2.45) is 4.99 Å². The van der Waals surface area contributed by atoms with E-state index >= 15 is 0 Å². The third kappa shape index (κ3) is 6.40. The summed E-state index contributed by atoms with van der Waals surface area (Å²) in [4.78, 5) is 19.7. The van der Waals surface area contributed by atoms with Crippen molar-refractivity contribution in [2.75, 3.05) is 34.3 Å². The minimum Gasteiger partial charge on any atom is -0.497 e. The molecule has 0 aliphatic carbocycles. The Balaban J connectivity index is 1.71. The molecule has 0 fully saturated rings. The lowest BCUT2D eigenvalue weighted by atomic mass is 10.2. The molecule has 140 valence electrons. The van der Waals surface area contributed by atoms with E-state index in [1.807, 2.05) is 36.2 Å². The van der Waals surface area contributed by atoms with E-state index < -0.39 is 0 Å². The fourth-order valence-corrected chi connectivity index (χ4v) is 3.09. The number of hydrogen-bond acceptors (Lipinski definition) is 4. The standard InChI is InChI=1S/C19H26N4O2S/c1-20-19(23(2)11-10-17-5-4-12-26-17)22-14-18(24)21-13-15-6-8-16(25-3)9-7-15/h4-9,12H,10-11,13-14H2,1-3H3,(H,20,22)(H,21,24). The highest BCUT2D eigenvalue weighted by Gasteiger charge is 2.08. The van der Waals surface area contributed by atoms with Crippen LogP contribution in [0.1, 0.15) is 10.4 Å². The smallest absolute Gasteiger partial charge is 0.239 e. The summed E-state index contributed by atoms with van der Waals surface area (Å²) in [6, 6.07) is 11.8. The fraction of sp³-hybridized carbons (Fsp3) is 0.368. The first-order chi connectivity index (χ1) is 12.6. The van der Waals surface area contributed by atoms with Crippen LogP contribution in [-0.4, -0.2) is 51.1 Å². The van der Waals surface area contributed by atoms with Gasteiger partial charge in [0, 0.05) is 32.1 Å². The molecule has 1 heterocycles. The van der Waals surface area contributed by atoms with Crippen LogP contribution in [0.2, 0.25) is 0 Å². The predicted octanol–water partition coefficient (Wildman–Crippen LogP) is 2.12. The summed E-state index contributed by atoms with van der Waals surface area (Å²) in [5.41, 5.74) is 1.02. The van der Waals surface area contributed by atoms with Crippen molar-refractivity contribution in [3.63, 3.8) is 0 Å². The Morgan fingerprint density at radius 2 is 2.00 bits per heavy atom. The second-order valence-corrected chi connectivity index (χ2v) is 6.81. The van der Waals surface area contributed by atoms with Crippen molar-refractivity contribution in [1.82, 2.24) is 15.5 Å². The van der Waals surface area contributed by atoms with Crippen molar-refractivity contribution in [3.05, 3.63) is 52.2 Å². The summed E-state index contributed by atoms with van der Waals surface area (Å²) >= 11 is 1.75. The third-order valence-electron chi connectivity index (χ3n) is 3.90. The summed E-state index contributed by atoms with van der Waals surface area (Å²) in [6.07, 6.45) is 0.957. The van der Waals surface area contributed by atoms with Gasteiger partial charge in [-0.1, -0.05) is 18.2 Å². The fourth-order valence-electron chi connectivity index (χ4n) is 2.39. The van der Waals surface area contributed by atoms with Gasteiger partial charge in [0.25, 0.3) is 0 Å². The number of nitrogens with zero attached hydrogens (tertiary/aromatic N) is 2. The molecule has 1 aromatic heterocycles. The van der Waals surface area contributed by atoms with E-state index in [0.717, 1.165) is 24.3 Å². The Hall–Kier alpha value is -2.54. The molecule has 1 amide bonds. The lowest BCUT2D eigenvalue weighted by Gasteiger charge is -2.21. The zero-order valence-electron chi connectivity index (χ0n) is 15.5. The molecule has 2 N–H and O–H groups in total. The van der Waals surface area contributed by atoms with E-state index in [4.69, 9.17) is 4.74 Å². The van der Waals surface area contributed by atoms with Crippen molar-refractivity contribution >= 4 is 23.2 Å². The SMILES string of the molecule is CN=C(NCC(=O)NCc1ccc(OC)cc1)N(C)CCc1cccs1. The van der Waals surface area contributed by atoms with Gasteiger partial charge in [-0.05, 0) is 35.6 Å². The number of nitrogens with one attached hydrogen (secondary N) is 2. The average Bonchev–Trinajstić information content (AvgIpc) is 3.19. The number of ether oxygens (including phenoxy) is 1. The molecule has 6 nitrogen and oxygen atoms in total. The Labute approximate surface area is 158 Å². The van der Waals surface area contributed by atoms with Crippen LogP contribution < -0.4 is 15.4 Å². The van der Waals surface area contributed by atoms with Gasteiger partial charge in [0.1, 0.15) is 5.75 Å². The molecule has 0 bridgehead atoms. The Morgan fingerprint density at radius 3 is 2.62 bits per heavy atom. The molecule has 0 unspecified atom stereocenters. The van der Waals surface area contributed by atoms with Crippen LogP contribution >= 0.6 is 11.3 Å². The maximum atomic E-state index is 12.1. The van der Waals surface area contributed by atoms with Crippen LogP contribution in [0.3, 0.4) is 0 Å².